The van der Waals surface area contributed by atoms with Gasteiger partial charge in [-0.2, -0.15) is 0 Å². The Morgan fingerprint density at radius 2 is 1.96 bits per heavy atom. The molecule has 26 heavy (non-hydrogen) atoms. The summed E-state index contributed by atoms with van der Waals surface area (Å²) in [5, 5.41) is 8.58. The molecule has 5 nitrogen and oxygen atoms in total. The van der Waals surface area contributed by atoms with E-state index >= 15 is 0 Å². The summed E-state index contributed by atoms with van der Waals surface area (Å²) in [6.07, 6.45) is 3.69. The van der Waals surface area contributed by atoms with Crippen molar-refractivity contribution in [2.75, 3.05) is 19.6 Å². The maximum Gasteiger partial charge on any atom is 0.317 e. The summed E-state index contributed by atoms with van der Waals surface area (Å²) in [6.45, 7) is 1.74. The number of likely N-dealkylation sites (tertiary alicyclic amines) is 1. The first-order valence-electron chi connectivity index (χ1n) is 9.50. The average Bonchev–Trinajstić information content (AvgIpc) is 2.90. The lowest BCUT2D eigenvalue weighted by molar-refractivity contribution is -0.124. The molecule has 0 radical (unpaired) electrons. The SMILES string of the molecule is O=C1NC2CCCC1CN(C(=O)NCCc1cccc3ccccc13)C2. The number of nitrogens with one attached hydrogen (secondary N) is 2. The zero-order valence-electron chi connectivity index (χ0n) is 14.9. The third-order valence-corrected chi connectivity index (χ3v) is 5.54. The number of rotatable bonds is 3. The van der Waals surface area contributed by atoms with Gasteiger partial charge in [0, 0.05) is 25.7 Å². The second-order valence-electron chi connectivity index (χ2n) is 7.36. The van der Waals surface area contributed by atoms with E-state index in [0.717, 1.165) is 25.7 Å². The molecule has 2 bridgehead atoms. The third kappa shape index (κ3) is 3.52. The van der Waals surface area contributed by atoms with E-state index in [0.29, 0.717) is 19.6 Å². The van der Waals surface area contributed by atoms with Gasteiger partial charge in [0.25, 0.3) is 0 Å². The van der Waals surface area contributed by atoms with E-state index in [2.05, 4.69) is 41.0 Å². The zero-order chi connectivity index (χ0) is 17.9. The molecule has 3 amide bonds. The van der Waals surface area contributed by atoms with Crippen LogP contribution in [0.2, 0.25) is 0 Å². The highest BCUT2D eigenvalue weighted by Gasteiger charge is 2.34. The first kappa shape index (κ1) is 16.9. The van der Waals surface area contributed by atoms with Crippen molar-refractivity contribution in [2.24, 2.45) is 5.92 Å². The molecule has 2 aromatic carbocycles. The van der Waals surface area contributed by atoms with Crippen LogP contribution in [0.15, 0.2) is 42.5 Å². The second-order valence-corrected chi connectivity index (χ2v) is 7.36. The van der Waals surface area contributed by atoms with Crippen LogP contribution in [0.3, 0.4) is 0 Å². The van der Waals surface area contributed by atoms with Crippen molar-refractivity contribution in [1.82, 2.24) is 15.5 Å². The predicted octanol–water partition coefficient (Wildman–Crippen LogP) is 2.69. The second kappa shape index (κ2) is 7.36. The standard InChI is InChI=1S/C21H25N3O2/c25-20-17-8-4-9-18(23-20)14-24(13-17)21(26)22-12-11-16-7-3-6-15-5-1-2-10-19(15)16/h1-3,5-7,10,17-18H,4,8-9,11-14H2,(H,22,26)(H,23,25). The van der Waals surface area contributed by atoms with Crippen LogP contribution < -0.4 is 10.6 Å². The van der Waals surface area contributed by atoms with Gasteiger partial charge in [0.2, 0.25) is 5.91 Å². The Bertz CT molecular complexity index is 815. The fourth-order valence-electron chi connectivity index (χ4n) is 4.14. The van der Waals surface area contributed by atoms with Gasteiger partial charge < -0.3 is 15.5 Å². The van der Waals surface area contributed by atoms with Crippen LogP contribution in [0, 0.1) is 5.92 Å². The minimum absolute atomic E-state index is 0.0568. The fourth-order valence-corrected chi connectivity index (χ4v) is 4.14. The summed E-state index contributed by atoms with van der Waals surface area (Å²) in [5.41, 5.74) is 1.24. The topological polar surface area (TPSA) is 61.4 Å². The van der Waals surface area contributed by atoms with Crippen LogP contribution in [-0.4, -0.2) is 42.5 Å². The fraction of sp³-hybridized carbons (Fsp3) is 0.429. The molecule has 0 spiro atoms. The van der Waals surface area contributed by atoms with Gasteiger partial charge in [-0.3, -0.25) is 4.79 Å². The van der Waals surface area contributed by atoms with Crippen LogP contribution in [-0.2, 0) is 11.2 Å². The van der Waals surface area contributed by atoms with Crippen molar-refractivity contribution in [3.63, 3.8) is 0 Å². The number of hydrogen-bond acceptors (Lipinski definition) is 2. The van der Waals surface area contributed by atoms with E-state index in [1.54, 1.807) is 0 Å². The molecule has 2 heterocycles. The molecule has 2 fully saturated rings. The number of carbonyl (C=O) groups is 2. The molecule has 2 N–H and O–H groups in total. The van der Waals surface area contributed by atoms with Crippen LogP contribution >= 0.6 is 0 Å². The lowest BCUT2D eigenvalue weighted by Gasteiger charge is -2.27. The van der Waals surface area contributed by atoms with Gasteiger partial charge in [-0.15, -0.1) is 0 Å². The van der Waals surface area contributed by atoms with Gasteiger partial charge in [-0.05, 0) is 35.6 Å². The molecule has 2 aliphatic heterocycles. The lowest BCUT2D eigenvalue weighted by Crippen LogP contribution is -2.46. The Hall–Kier alpha value is -2.56. The molecule has 136 valence electrons. The Kier molecular flexibility index (Phi) is 4.78. The molecule has 0 aliphatic carbocycles. The summed E-state index contributed by atoms with van der Waals surface area (Å²) >= 11 is 0. The normalized spacial score (nSPS) is 22.6. The monoisotopic (exact) mass is 351 g/mol. The summed E-state index contributed by atoms with van der Waals surface area (Å²) < 4.78 is 0. The van der Waals surface area contributed by atoms with E-state index in [-0.39, 0.29) is 23.9 Å². The molecule has 2 saturated heterocycles. The minimum Gasteiger partial charge on any atom is -0.351 e. The number of amides is 3. The largest absolute Gasteiger partial charge is 0.351 e. The van der Waals surface area contributed by atoms with E-state index in [1.165, 1.54) is 16.3 Å². The van der Waals surface area contributed by atoms with Crippen LogP contribution in [0.1, 0.15) is 24.8 Å². The molecular weight excluding hydrogens is 326 g/mol. The molecule has 2 aliphatic rings. The first-order valence-corrected chi connectivity index (χ1v) is 9.50. The van der Waals surface area contributed by atoms with Crippen molar-refractivity contribution < 1.29 is 9.59 Å². The van der Waals surface area contributed by atoms with Crippen LogP contribution in [0.4, 0.5) is 4.79 Å². The Labute approximate surface area is 153 Å². The predicted molar refractivity (Wildman–Crippen MR) is 102 cm³/mol. The van der Waals surface area contributed by atoms with Gasteiger partial charge in [0.15, 0.2) is 0 Å². The highest BCUT2D eigenvalue weighted by atomic mass is 16.2. The van der Waals surface area contributed by atoms with E-state index in [1.807, 2.05) is 17.0 Å². The van der Waals surface area contributed by atoms with Gasteiger partial charge >= 0.3 is 6.03 Å². The summed E-state index contributed by atoms with van der Waals surface area (Å²) in [4.78, 5) is 26.6. The third-order valence-electron chi connectivity index (χ3n) is 5.54. The van der Waals surface area contributed by atoms with Crippen LogP contribution in [0.5, 0.6) is 0 Å². The molecule has 4 rings (SSSR count). The number of benzene rings is 2. The van der Waals surface area contributed by atoms with Crippen molar-refractivity contribution in [2.45, 2.75) is 31.7 Å². The number of nitrogens with zero attached hydrogens (tertiary/aromatic N) is 1. The summed E-state index contributed by atoms with van der Waals surface area (Å²) in [5.74, 6) is 0.0462. The molecule has 0 saturated carbocycles. The van der Waals surface area contributed by atoms with E-state index < -0.39 is 0 Å². The van der Waals surface area contributed by atoms with Gasteiger partial charge in [0.05, 0.1) is 5.92 Å². The maximum absolute atomic E-state index is 12.6. The zero-order valence-corrected chi connectivity index (χ0v) is 14.9. The van der Waals surface area contributed by atoms with Crippen molar-refractivity contribution >= 4 is 22.7 Å². The number of fused-ring (bicyclic) bond motifs is 4. The van der Waals surface area contributed by atoms with Crippen molar-refractivity contribution in [3.05, 3.63) is 48.0 Å². The lowest BCUT2D eigenvalue weighted by atomic mass is 9.99. The van der Waals surface area contributed by atoms with E-state index in [4.69, 9.17) is 0 Å². The molecule has 0 aromatic heterocycles. The maximum atomic E-state index is 12.6. The number of hydrogen-bond donors (Lipinski definition) is 2. The molecule has 2 atom stereocenters. The van der Waals surface area contributed by atoms with Crippen LogP contribution in [0.25, 0.3) is 10.8 Å². The Morgan fingerprint density at radius 1 is 1.12 bits per heavy atom. The molecule has 2 unspecified atom stereocenters. The Balaban J connectivity index is 1.37. The van der Waals surface area contributed by atoms with Gasteiger partial charge in [0.1, 0.15) is 0 Å². The van der Waals surface area contributed by atoms with Gasteiger partial charge in [-0.25, -0.2) is 4.79 Å². The highest BCUT2D eigenvalue weighted by molar-refractivity contribution is 5.86. The average molecular weight is 351 g/mol. The van der Waals surface area contributed by atoms with Crippen molar-refractivity contribution in [1.29, 1.82) is 0 Å². The quantitative estimate of drug-likeness (QED) is 0.893. The summed E-state index contributed by atoms with van der Waals surface area (Å²) in [7, 11) is 0. The summed E-state index contributed by atoms with van der Waals surface area (Å²) in [6, 6.07) is 14.6. The highest BCUT2D eigenvalue weighted by Crippen LogP contribution is 2.22. The smallest absolute Gasteiger partial charge is 0.317 e. The first-order chi connectivity index (χ1) is 12.7. The minimum atomic E-state index is -0.0636. The molecule has 5 heteroatoms. The van der Waals surface area contributed by atoms with E-state index in [9.17, 15) is 9.59 Å². The molecular formula is C21H25N3O2. The Morgan fingerprint density at radius 3 is 2.88 bits per heavy atom. The van der Waals surface area contributed by atoms with Crippen molar-refractivity contribution in [3.8, 4) is 0 Å². The van der Waals surface area contributed by atoms with Gasteiger partial charge in [-0.1, -0.05) is 48.9 Å². The molecule has 2 aromatic rings. The number of carbonyl (C=O) groups excluding carboxylic acids is 2. The number of urea groups is 1.